The number of anilines is 1. The van der Waals surface area contributed by atoms with Crippen LogP contribution in [0.15, 0.2) is 18.2 Å². The van der Waals surface area contributed by atoms with Gasteiger partial charge in [-0.15, -0.1) is 0 Å². The molecule has 1 unspecified atom stereocenters. The molecule has 1 N–H and O–H groups in total. The third-order valence-corrected chi connectivity index (χ3v) is 5.86. The van der Waals surface area contributed by atoms with E-state index in [1.165, 1.54) is 32.7 Å². The average molecular weight is 361 g/mol. The molecule has 3 heteroatoms. The Kier molecular flexibility index (Phi) is 4.29. The zero-order valence-electron chi connectivity index (χ0n) is 10.7. The molecule has 1 nitrogen and oxygen atoms in total. The zero-order chi connectivity index (χ0) is 12.5. The van der Waals surface area contributed by atoms with E-state index in [0.29, 0.717) is 11.5 Å². The molecular formula is C14H20INS. The van der Waals surface area contributed by atoms with Crippen molar-refractivity contribution in [1.82, 2.24) is 0 Å². The second kappa shape index (κ2) is 5.39. The Morgan fingerprint density at radius 3 is 2.82 bits per heavy atom. The number of nitrogens with one attached hydrogen (secondary N) is 1. The summed E-state index contributed by atoms with van der Waals surface area (Å²) in [5.41, 5.74) is 3.02. The molecule has 1 fully saturated rings. The number of hydrogen-bond acceptors (Lipinski definition) is 2. The zero-order valence-corrected chi connectivity index (χ0v) is 13.7. The van der Waals surface area contributed by atoms with Crippen LogP contribution in [0, 0.1) is 15.9 Å². The van der Waals surface area contributed by atoms with Crippen molar-refractivity contribution in [3.63, 3.8) is 0 Å². The van der Waals surface area contributed by atoms with Crippen LogP contribution in [0.4, 0.5) is 5.69 Å². The molecular weight excluding hydrogens is 341 g/mol. The van der Waals surface area contributed by atoms with Crippen molar-refractivity contribution in [2.45, 2.75) is 33.2 Å². The lowest BCUT2D eigenvalue weighted by Crippen LogP contribution is -2.41. The maximum atomic E-state index is 3.71. The van der Waals surface area contributed by atoms with Gasteiger partial charge in [0.15, 0.2) is 0 Å². The maximum Gasteiger partial charge on any atom is 0.0403 e. The highest BCUT2D eigenvalue weighted by molar-refractivity contribution is 14.1. The Hall–Kier alpha value is 0.100. The van der Waals surface area contributed by atoms with Crippen molar-refractivity contribution >= 4 is 40.0 Å². The van der Waals surface area contributed by atoms with Crippen LogP contribution in [-0.2, 0) is 0 Å². The molecule has 0 saturated carbocycles. The van der Waals surface area contributed by atoms with E-state index in [0.717, 1.165) is 0 Å². The monoisotopic (exact) mass is 361 g/mol. The highest BCUT2D eigenvalue weighted by Gasteiger charge is 2.32. The summed E-state index contributed by atoms with van der Waals surface area (Å²) >= 11 is 4.48. The van der Waals surface area contributed by atoms with Gasteiger partial charge in [-0.25, -0.2) is 0 Å². The van der Waals surface area contributed by atoms with Crippen molar-refractivity contribution in [3.8, 4) is 0 Å². The van der Waals surface area contributed by atoms with Crippen LogP contribution < -0.4 is 5.32 Å². The number of rotatable bonds is 2. The maximum absolute atomic E-state index is 3.71. The van der Waals surface area contributed by atoms with Crippen LogP contribution >= 0.6 is 34.4 Å². The fourth-order valence-corrected chi connectivity index (χ4v) is 4.18. The third-order valence-electron chi connectivity index (χ3n) is 3.63. The molecule has 94 valence electrons. The summed E-state index contributed by atoms with van der Waals surface area (Å²) in [5, 5.41) is 3.71. The van der Waals surface area contributed by atoms with Crippen LogP contribution in [-0.4, -0.2) is 17.5 Å². The summed E-state index contributed by atoms with van der Waals surface area (Å²) in [5.74, 6) is 2.52. The van der Waals surface area contributed by atoms with Crippen molar-refractivity contribution < 1.29 is 0 Å². The predicted molar refractivity (Wildman–Crippen MR) is 87.0 cm³/mol. The summed E-state index contributed by atoms with van der Waals surface area (Å²) in [4.78, 5) is 0. The Bertz CT molecular complexity index is 403. The molecule has 0 radical (unpaired) electrons. The first-order chi connectivity index (χ1) is 7.99. The molecule has 0 aliphatic carbocycles. The first-order valence-corrected chi connectivity index (χ1v) is 8.33. The van der Waals surface area contributed by atoms with Crippen molar-refractivity contribution in [3.05, 3.63) is 27.3 Å². The number of hydrogen-bond donors (Lipinski definition) is 1. The molecule has 1 aliphatic rings. The number of thioether (sulfide) groups is 1. The SMILES string of the molecule is Cc1ccc(NC2CSCCC2(C)C)cc1I. The molecule has 2 rings (SSSR count). The highest BCUT2D eigenvalue weighted by Crippen LogP contribution is 2.36. The minimum absolute atomic E-state index is 0.404. The molecule has 1 aliphatic heterocycles. The van der Waals surface area contributed by atoms with Gasteiger partial charge in [0, 0.05) is 21.1 Å². The Labute approximate surface area is 122 Å². The second-order valence-electron chi connectivity index (χ2n) is 5.47. The largest absolute Gasteiger partial charge is 0.381 e. The third kappa shape index (κ3) is 3.31. The lowest BCUT2D eigenvalue weighted by molar-refractivity contribution is 0.305. The smallest absolute Gasteiger partial charge is 0.0403 e. The Balaban J connectivity index is 2.11. The molecule has 0 spiro atoms. The van der Waals surface area contributed by atoms with Gasteiger partial charge >= 0.3 is 0 Å². The van der Waals surface area contributed by atoms with E-state index in [1.807, 2.05) is 0 Å². The van der Waals surface area contributed by atoms with Crippen LogP contribution in [0.25, 0.3) is 0 Å². The van der Waals surface area contributed by atoms with Gasteiger partial charge in [-0.05, 0) is 64.8 Å². The molecule has 1 aromatic carbocycles. The van der Waals surface area contributed by atoms with Gasteiger partial charge in [-0.1, -0.05) is 19.9 Å². The van der Waals surface area contributed by atoms with Gasteiger partial charge in [-0.3, -0.25) is 0 Å². The van der Waals surface area contributed by atoms with Gasteiger partial charge in [0.05, 0.1) is 0 Å². The molecule has 0 aromatic heterocycles. The van der Waals surface area contributed by atoms with E-state index >= 15 is 0 Å². The van der Waals surface area contributed by atoms with E-state index in [-0.39, 0.29) is 0 Å². The number of aryl methyl sites for hydroxylation is 1. The van der Waals surface area contributed by atoms with Crippen LogP contribution in [0.2, 0.25) is 0 Å². The average Bonchev–Trinajstić information content (AvgIpc) is 2.26. The first kappa shape index (κ1) is 13.5. The fourth-order valence-electron chi connectivity index (χ4n) is 2.06. The molecule has 1 saturated heterocycles. The lowest BCUT2D eigenvalue weighted by atomic mass is 9.82. The minimum Gasteiger partial charge on any atom is -0.381 e. The van der Waals surface area contributed by atoms with Gasteiger partial charge in [0.1, 0.15) is 0 Å². The summed E-state index contributed by atoms with van der Waals surface area (Å²) in [6.45, 7) is 6.92. The topological polar surface area (TPSA) is 12.0 Å². The van der Waals surface area contributed by atoms with Crippen molar-refractivity contribution in [1.29, 1.82) is 0 Å². The number of halogens is 1. The Morgan fingerprint density at radius 2 is 2.18 bits per heavy atom. The summed E-state index contributed by atoms with van der Waals surface area (Å²) in [6.07, 6.45) is 1.30. The summed E-state index contributed by atoms with van der Waals surface area (Å²) in [7, 11) is 0. The van der Waals surface area contributed by atoms with E-state index in [2.05, 4.69) is 78.6 Å². The fraction of sp³-hybridized carbons (Fsp3) is 0.571. The highest BCUT2D eigenvalue weighted by atomic mass is 127. The van der Waals surface area contributed by atoms with Gasteiger partial charge in [-0.2, -0.15) is 11.8 Å². The molecule has 17 heavy (non-hydrogen) atoms. The van der Waals surface area contributed by atoms with Crippen molar-refractivity contribution in [2.75, 3.05) is 16.8 Å². The second-order valence-corrected chi connectivity index (χ2v) is 7.79. The molecule has 0 bridgehead atoms. The predicted octanol–water partition coefficient (Wildman–Crippen LogP) is 4.54. The lowest BCUT2D eigenvalue weighted by Gasteiger charge is -2.39. The number of benzene rings is 1. The standard InChI is InChI=1S/C14H20INS/c1-10-4-5-11(8-12(10)15)16-13-9-17-7-6-14(13,2)3/h4-5,8,13,16H,6-7,9H2,1-3H3. The normalized spacial score (nSPS) is 23.4. The summed E-state index contributed by atoms with van der Waals surface area (Å²) in [6, 6.07) is 7.24. The van der Waals surface area contributed by atoms with E-state index in [9.17, 15) is 0 Å². The summed E-state index contributed by atoms with van der Waals surface area (Å²) < 4.78 is 1.34. The van der Waals surface area contributed by atoms with Crippen LogP contribution in [0.1, 0.15) is 25.8 Å². The molecule has 1 heterocycles. The molecule has 0 amide bonds. The quantitative estimate of drug-likeness (QED) is 0.776. The Morgan fingerprint density at radius 1 is 1.41 bits per heavy atom. The molecule has 1 atom stereocenters. The first-order valence-electron chi connectivity index (χ1n) is 6.09. The van der Waals surface area contributed by atoms with E-state index < -0.39 is 0 Å². The molecule has 1 aromatic rings. The van der Waals surface area contributed by atoms with Crippen LogP contribution in [0.3, 0.4) is 0 Å². The van der Waals surface area contributed by atoms with Gasteiger partial charge < -0.3 is 5.32 Å². The van der Waals surface area contributed by atoms with E-state index in [4.69, 9.17) is 0 Å². The van der Waals surface area contributed by atoms with Crippen LogP contribution in [0.5, 0.6) is 0 Å². The van der Waals surface area contributed by atoms with Crippen molar-refractivity contribution in [2.24, 2.45) is 5.41 Å². The van der Waals surface area contributed by atoms with E-state index in [1.54, 1.807) is 0 Å². The minimum atomic E-state index is 0.404. The van der Waals surface area contributed by atoms with Gasteiger partial charge in [0.2, 0.25) is 0 Å². The van der Waals surface area contributed by atoms with Gasteiger partial charge in [0.25, 0.3) is 0 Å².